The fraction of sp³-hybridized carbons (Fsp3) is 0.300. The van der Waals surface area contributed by atoms with Crippen molar-refractivity contribution in [1.82, 2.24) is 10.3 Å². The summed E-state index contributed by atoms with van der Waals surface area (Å²) in [5.74, 6) is 2.41. The van der Waals surface area contributed by atoms with Crippen LogP contribution in [0.5, 0.6) is 0 Å². The number of aromatic nitrogens is 1. The molecule has 2 aromatic heterocycles. The Balaban J connectivity index is 1.73. The number of carbonyl (C=O) groups is 1. The van der Waals surface area contributed by atoms with Gasteiger partial charge < -0.3 is 15.4 Å². The van der Waals surface area contributed by atoms with Crippen LogP contribution in [0.4, 0.5) is 5.00 Å². The molecule has 1 atom stereocenters. The third-order valence-electron chi connectivity index (χ3n) is 4.53. The lowest BCUT2D eigenvalue weighted by Crippen LogP contribution is -2.22. The summed E-state index contributed by atoms with van der Waals surface area (Å²) in [6, 6.07) is 8.23. The standard InChI is InChI=1S/C20H19N3OS2/c1-2-5-13(12-24)10-22-19-18(14-8-9-21-11-17(14)26-19)20-23-15-6-3-4-7-16(15)25-20/h1,3-4,6-7,12-13,21-22H,5,8-11H2. The van der Waals surface area contributed by atoms with Gasteiger partial charge in [-0.2, -0.15) is 0 Å². The number of nitrogens with one attached hydrogen (secondary N) is 2. The molecule has 1 aliphatic heterocycles. The molecule has 1 unspecified atom stereocenters. The maximum absolute atomic E-state index is 11.2. The van der Waals surface area contributed by atoms with Crippen molar-refractivity contribution >= 4 is 44.2 Å². The molecule has 132 valence electrons. The van der Waals surface area contributed by atoms with Gasteiger partial charge in [-0.15, -0.1) is 35.0 Å². The van der Waals surface area contributed by atoms with Gasteiger partial charge in [-0.3, -0.25) is 0 Å². The van der Waals surface area contributed by atoms with Crippen LogP contribution in [0.15, 0.2) is 24.3 Å². The van der Waals surface area contributed by atoms with E-state index in [4.69, 9.17) is 11.4 Å². The minimum atomic E-state index is -0.166. The molecule has 0 spiro atoms. The number of hydrogen-bond acceptors (Lipinski definition) is 6. The first-order chi connectivity index (χ1) is 12.8. The summed E-state index contributed by atoms with van der Waals surface area (Å²) in [5, 5.41) is 9.07. The molecule has 4 nitrogen and oxygen atoms in total. The summed E-state index contributed by atoms with van der Waals surface area (Å²) < 4.78 is 1.19. The van der Waals surface area contributed by atoms with Crippen LogP contribution in [0, 0.1) is 18.3 Å². The SMILES string of the molecule is C#CCC(C=O)CNc1sc2c(c1-c1nc3ccccc3s1)CCNC2. The van der Waals surface area contributed by atoms with Crippen molar-refractivity contribution in [2.45, 2.75) is 19.4 Å². The maximum Gasteiger partial charge on any atom is 0.127 e. The Morgan fingerprint density at radius 3 is 3.08 bits per heavy atom. The van der Waals surface area contributed by atoms with Crippen LogP contribution in [0.25, 0.3) is 20.8 Å². The smallest absolute Gasteiger partial charge is 0.127 e. The monoisotopic (exact) mass is 381 g/mol. The first-order valence-corrected chi connectivity index (χ1v) is 10.3. The van der Waals surface area contributed by atoms with E-state index in [-0.39, 0.29) is 5.92 Å². The number of terminal acetylenes is 1. The number of thiazole rings is 1. The van der Waals surface area contributed by atoms with Crippen LogP contribution in [0.2, 0.25) is 0 Å². The second kappa shape index (κ2) is 7.58. The van der Waals surface area contributed by atoms with Crippen LogP contribution >= 0.6 is 22.7 Å². The third kappa shape index (κ3) is 3.26. The number of nitrogens with zero attached hydrogens (tertiary/aromatic N) is 1. The highest BCUT2D eigenvalue weighted by atomic mass is 32.1. The van der Waals surface area contributed by atoms with Gasteiger partial charge in [0.1, 0.15) is 11.3 Å². The Morgan fingerprint density at radius 1 is 1.38 bits per heavy atom. The summed E-state index contributed by atoms with van der Waals surface area (Å²) >= 11 is 3.49. The Morgan fingerprint density at radius 2 is 2.27 bits per heavy atom. The van der Waals surface area contributed by atoms with Gasteiger partial charge in [-0.1, -0.05) is 12.1 Å². The summed E-state index contributed by atoms with van der Waals surface area (Å²) in [6.07, 6.45) is 7.77. The van der Waals surface area contributed by atoms with Crippen molar-refractivity contribution in [2.24, 2.45) is 5.92 Å². The van der Waals surface area contributed by atoms with Gasteiger partial charge in [0.2, 0.25) is 0 Å². The maximum atomic E-state index is 11.2. The number of rotatable bonds is 6. The van der Waals surface area contributed by atoms with Gasteiger partial charge in [0.15, 0.2) is 0 Å². The van der Waals surface area contributed by atoms with Crippen molar-refractivity contribution in [3.8, 4) is 22.9 Å². The van der Waals surface area contributed by atoms with Gasteiger partial charge in [-0.05, 0) is 30.7 Å². The normalized spacial score (nSPS) is 14.6. The van der Waals surface area contributed by atoms with Gasteiger partial charge in [-0.25, -0.2) is 4.98 Å². The van der Waals surface area contributed by atoms with Crippen LogP contribution in [0.3, 0.4) is 0 Å². The largest absolute Gasteiger partial charge is 0.376 e. The summed E-state index contributed by atoms with van der Waals surface area (Å²) in [4.78, 5) is 17.5. The van der Waals surface area contributed by atoms with Gasteiger partial charge in [0.05, 0.1) is 15.2 Å². The van der Waals surface area contributed by atoms with E-state index in [1.54, 1.807) is 22.7 Å². The molecule has 0 saturated carbocycles. The topological polar surface area (TPSA) is 54.0 Å². The van der Waals surface area contributed by atoms with E-state index in [1.165, 1.54) is 20.7 Å². The Bertz CT molecular complexity index is 950. The van der Waals surface area contributed by atoms with Gasteiger partial charge in [0.25, 0.3) is 0 Å². The van der Waals surface area contributed by atoms with E-state index >= 15 is 0 Å². The zero-order chi connectivity index (χ0) is 17.9. The summed E-state index contributed by atoms with van der Waals surface area (Å²) in [6.45, 7) is 2.43. The molecule has 0 radical (unpaired) electrons. The zero-order valence-electron chi connectivity index (χ0n) is 14.2. The van der Waals surface area contributed by atoms with E-state index in [0.717, 1.165) is 41.3 Å². The molecule has 6 heteroatoms. The number of anilines is 1. The molecular weight excluding hydrogens is 362 g/mol. The number of aldehydes is 1. The fourth-order valence-electron chi connectivity index (χ4n) is 3.21. The molecule has 3 heterocycles. The Labute approximate surface area is 160 Å². The van der Waals surface area contributed by atoms with E-state index in [1.807, 2.05) is 12.1 Å². The molecule has 0 aliphatic carbocycles. The van der Waals surface area contributed by atoms with Crippen LogP contribution < -0.4 is 10.6 Å². The average molecular weight is 382 g/mol. The number of fused-ring (bicyclic) bond motifs is 2. The highest BCUT2D eigenvalue weighted by Gasteiger charge is 2.24. The molecule has 26 heavy (non-hydrogen) atoms. The molecule has 0 amide bonds. The summed E-state index contributed by atoms with van der Waals surface area (Å²) in [7, 11) is 0. The zero-order valence-corrected chi connectivity index (χ0v) is 15.9. The molecule has 1 aromatic carbocycles. The third-order valence-corrected chi connectivity index (χ3v) is 6.78. The van der Waals surface area contributed by atoms with Crippen LogP contribution in [-0.4, -0.2) is 24.4 Å². The van der Waals surface area contributed by atoms with Crippen molar-refractivity contribution in [3.63, 3.8) is 0 Å². The number of thiophene rings is 1. The molecule has 2 N–H and O–H groups in total. The predicted octanol–water partition coefficient (Wildman–Crippen LogP) is 3.92. The number of hydrogen-bond donors (Lipinski definition) is 2. The molecule has 4 rings (SSSR count). The van der Waals surface area contributed by atoms with Gasteiger partial charge >= 0.3 is 0 Å². The Hall–Kier alpha value is -2.20. The number of para-hydroxylation sites is 1. The highest BCUT2D eigenvalue weighted by Crippen LogP contribution is 2.44. The predicted molar refractivity (Wildman–Crippen MR) is 110 cm³/mol. The van der Waals surface area contributed by atoms with Crippen molar-refractivity contribution in [1.29, 1.82) is 0 Å². The summed E-state index contributed by atoms with van der Waals surface area (Å²) in [5.41, 5.74) is 3.62. The van der Waals surface area contributed by atoms with Gasteiger partial charge in [0, 0.05) is 35.9 Å². The molecule has 3 aromatic rings. The highest BCUT2D eigenvalue weighted by molar-refractivity contribution is 7.22. The molecule has 0 saturated heterocycles. The van der Waals surface area contributed by atoms with Crippen molar-refractivity contribution in [3.05, 3.63) is 34.7 Å². The molecular formula is C20H19N3OS2. The molecule has 0 bridgehead atoms. The minimum absolute atomic E-state index is 0.166. The van der Waals surface area contributed by atoms with E-state index in [2.05, 4.69) is 28.7 Å². The first kappa shape index (κ1) is 17.2. The quantitative estimate of drug-likeness (QED) is 0.502. The fourth-order valence-corrected chi connectivity index (χ4v) is 5.54. The molecule has 1 aliphatic rings. The lowest BCUT2D eigenvalue weighted by atomic mass is 10.0. The van der Waals surface area contributed by atoms with Crippen molar-refractivity contribution < 1.29 is 4.79 Å². The number of benzene rings is 1. The van der Waals surface area contributed by atoms with Crippen LogP contribution in [0.1, 0.15) is 16.9 Å². The molecule has 0 fully saturated rings. The second-order valence-corrected chi connectivity index (χ2v) is 8.44. The number of carbonyl (C=O) groups excluding carboxylic acids is 1. The van der Waals surface area contributed by atoms with E-state index in [0.29, 0.717) is 13.0 Å². The van der Waals surface area contributed by atoms with E-state index in [9.17, 15) is 4.79 Å². The lowest BCUT2D eigenvalue weighted by molar-refractivity contribution is -0.110. The lowest BCUT2D eigenvalue weighted by Gasteiger charge is -2.13. The average Bonchev–Trinajstić information content (AvgIpc) is 3.25. The Kier molecular flexibility index (Phi) is 5.02. The van der Waals surface area contributed by atoms with E-state index < -0.39 is 0 Å². The van der Waals surface area contributed by atoms with Crippen LogP contribution in [-0.2, 0) is 17.8 Å². The minimum Gasteiger partial charge on any atom is -0.376 e. The second-order valence-electron chi connectivity index (χ2n) is 6.31. The van der Waals surface area contributed by atoms with Crippen molar-refractivity contribution in [2.75, 3.05) is 18.4 Å². The first-order valence-electron chi connectivity index (χ1n) is 8.64.